The molecule has 2 aromatic carbocycles. The van der Waals surface area contributed by atoms with E-state index in [2.05, 4.69) is 105 Å². The average molecular weight is 473 g/mol. The molecule has 5 heteroatoms. The molecule has 2 heterocycles. The molecule has 1 aliphatic rings. The summed E-state index contributed by atoms with van der Waals surface area (Å²) in [5, 5.41) is 12.2. The van der Waals surface area contributed by atoms with Gasteiger partial charge in [0.25, 0.3) is 5.91 Å². The van der Waals surface area contributed by atoms with E-state index in [9.17, 15) is 4.79 Å². The van der Waals surface area contributed by atoms with Gasteiger partial charge in [-0.15, -0.1) is 0 Å². The van der Waals surface area contributed by atoms with E-state index in [0.29, 0.717) is 5.56 Å². The van der Waals surface area contributed by atoms with Gasteiger partial charge in [-0.2, -0.15) is 5.10 Å². The van der Waals surface area contributed by atoms with Crippen LogP contribution in [0.15, 0.2) is 54.6 Å². The first-order valence-corrected chi connectivity index (χ1v) is 13.1. The Hall–Kier alpha value is -3.08. The molecule has 0 radical (unpaired) electrons. The molecule has 0 saturated heterocycles. The molecule has 1 amide bonds. The molecular formula is C30H40N4O. The van der Waals surface area contributed by atoms with Crippen LogP contribution >= 0.6 is 0 Å². The first-order chi connectivity index (χ1) is 16.7. The Kier molecular flexibility index (Phi) is 7.07. The molecule has 0 saturated carbocycles. The van der Waals surface area contributed by atoms with Crippen LogP contribution in [0.4, 0.5) is 5.82 Å². The Morgan fingerprint density at radius 2 is 1.74 bits per heavy atom. The van der Waals surface area contributed by atoms with Crippen LogP contribution in [0.2, 0.25) is 0 Å². The van der Waals surface area contributed by atoms with Crippen LogP contribution < -0.4 is 10.6 Å². The van der Waals surface area contributed by atoms with Crippen molar-refractivity contribution in [2.45, 2.75) is 90.8 Å². The van der Waals surface area contributed by atoms with E-state index >= 15 is 0 Å². The maximum atomic E-state index is 14.1. The van der Waals surface area contributed by atoms with Crippen LogP contribution in [-0.4, -0.2) is 15.7 Å². The minimum Gasteiger partial charge on any atom is -0.363 e. The van der Waals surface area contributed by atoms with Gasteiger partial charge < -0.3 is 10.6 Å². The Morgan fingerprint density at radius 3 is 2.34 bits per heavy atom. The van der Waals surface area contributed by atoms with E-state index in [-0.39, 0.29) is 17.5 Å². The van der Waals surface area contributed by atoms with Crippen LogP contribution in [0, 0.1) is 6.92 Å². The highest BCUT2D eigenvalue weighted by Gasteiger charge is 2.40. The van der Waals surface area contributed by atoms with E-state index in [4.69, 9.17) is 5.10 Å². The number of fused-ring (bicyclic) bond motifs is 1. The lowest BCUT2D eigenvalue weighted by molar-refractivity contribution is 0.0889. The molecule has 35 heavy (non-hydrogen) atoms. The summed E-state index contributed by atoms with van der Waals surface area (Å²) in [6, 6.07) is 19.2. The molecule has 1 aliphatic heterocycles. The van der Waals surface area contributed by atoms with Gasteiger partial charge in [0.1, 0.15) is 11.4 Å². The number of hydrogen-bond donors (Lipinski definition) is 2. The third-order valence-electron chi connectivity index (χ3n) is 7.63. The van der Waals surface area contributed by atoms with Gasteiger partial charge in [0.2, 0.25) is 0 Å². The maximum Gasteiger partial charge on any atom is 0.257 e. The van der Waals surface area contributed by atoms with Crippen LogP contribution in [0.1, 0.15) is 99.1 Å². The second kappa shape index (κ2) is 9.88. The predicted octanol–water partition coefficient (Wildman–Crippen LogP) is 6.88. The van der Waals surface area contributed by atoms with Crippen molar-refractivity contribution < 1.29 is 4.79 Å². The van der Waals surface area contributed by atoms with Crippen molar-refractivity contribution in [3.63, 3.8) is 0 Å². The smallest absolute Gasteiger partial charge is 0.257 e. The molecule has 4 rings (SSSR count). The van der Waals surface area contributed by atoms with Gasteiger partial charge in [0.15, 0.2) is 0 Å². The van der Waals surface area contributed by atoms with Gasteiger partial charge in [-0.25, -0.2) is 4.68 Å². The van der Waals surface area contributed by atoms with Crippen molar-refractivity contribution >= 4 is 11.7 Å². The summed E-state index contributed by atoms with van der Waals surface area (Å²) < 4.78 is 2.05. The molecule has 1 unspecified atom stereocenters. The summed E-state index contributed by atoms with van der Waals surface area (Å²) >= 11 is 0. The van der Waals surface area contributed by atoms with E-state index in [1.807, 2.05) is 6.07 Å². The zero-order chi connectivity index (χ0) is 25.2. The Balaban J connectivity index is 1.77. The number of nitrogens with zero attached hydrogens (tertiary/aromatic N) is 2. The number of hydrogen-bond acceptors (Lipinski definition) is 3. The average Bonchev–Trinajstić information content (AvgIpc) is 3.23. The van der Waals surface area contributed by atoms with Crippen molar-refractivity contribution in [3.8, 4) is 0 Å². The highest BCUT2D eigenvalue weighted by Crippen LogP contribution is 2.41. The third kappa shape index (κ3) is 4.73. The topological polar surface area (TPSA) is 59.0 Å². The SMILES string of the molecule is CCCc1nn2c(c1C(=O)NC(CC)(CC)c1ccc(C)cc1)NC(c1ccccc1)CC2(C)C. The zero-order valence-corrected chi connectivity index (χ0v) is 22.1. The third-order valence-corrected chi connectivity index (χ3v) is 7.63. The van der Waals surface area contributed by atoms with Gasteiger partial charge in [-0.05, 0) is 57.6 Å². The monoisotopic (exact) mass is 472 g/mol. The number of rotatable bonds is 8. The lowest BCUT2D eigenvalue weighted by Gasteiger charge is -2.38. The summed E-state index contributed by atoms with van der Waals surface area (Å²) in [6.07, 6.45) is 4.23. The number of aromatic nitrogens is 2. The molecule has 0 fully saturated rings. The first kappa shape index (κ1) is 25.0. The molecule has 0 spiro atoms. The molecule has 3 aromatic rings. The Bertz CT molecular complexity index is 1160. The van der Waals surface area contributed by atoms with Crippen molar-refractivity contribution in [3.05, 3.63) is 82.5 Å². The normalized spacial score (nSPS) is 16.9. The van der Waals surface area contributed by atoms with Gasteiger partial charge in [0, 0.05) is 0 Å². The van der Waals surface area contributed by atoms with E-state index < -0.39 is 5.54 Å². The predicted molar refractivity (Wildman–Crippen MR) is 144 cm³/mol. The van der Waals surface area contributed by atoms with Gasteiger partial charge in [0.05, 0.1) is 22.8 Å². The maximum absolute atomic E-state index is 14.1. The number of anilines is 1. The summed E-state index contributed by atoms with van der Waals surface area (Å²) in [6.45, 7) is 13.0. The summed E-state index contributed by atoms with van der Waals surface area (Å²) in [4.78, 5) is 14.1. The molecule has 0 aliphatic carbocycles. The number of carbonyl (C=O) groups excluding carboxylic acids is 1. The second-order valence-electron chi connectivity index (χ2n) is 10.6. The van der Waals surface area contributed by atoms with E-state index in [1.54, 1.807) is 0 Å². The second-order valence-corrected chi connectivity index (χ2v) is 10.6. The summed E-state index contributed by atoms with van der Waals surface area (Å²) in [5.74, 6) is 0.789. The van der Waals surface area contributed by atoms with Crippen LogP contribution in [0.5, 0.6) is 0 Å². The highest BCUT2D eigenvalue weighted by atomic mass is 16.2. The van der Waals surface area contributed by atoms with Gasteiger partial charge in [-0.1, -0.05) is 87.4 Å². The lowest BCUT2D eigenvalue weighted by atomic mass is 9.84. The number of amides is 1. The minimum atomic E-state index is -0.424. The molecule has 1 atom stereocenters. The van der Waals surface area contributed by atoms with Crippen molar-refractivity contribution in [1.82, 2.24) is 15.1 Å². The van der Waals surface area contributed by atoms with Gasteiger partial charge >= 0.3 is 0 Å². The number of carbonyl (C=O) groups is 1. The summed E-state index contributed by atoms with van der Waals surface area (Å²) in [5.41, 5.74) is 4.52. The molecular weight excluding hydrogens is 432 g/mol. The Labute approximate surface area is 210 Å². The molecule has 2 N–H and O–H groups in total. The zero-order valence-electron chi connectivity index (χ0n) is 22.1. The standard InChI is InChI=1S/C30H40N4O/c1-7-13-24-26(28(35)32-30(8-2,9-3)23-18-16-21(4)17-19-23)27-31-25(22-14-11-10-12-15-22)20-29(5,6)34(27)33-24/h10-12,14-19,25,31H,7-9,13,20H2,1-6H3,(H,32,35). The molecule has 1 aromatic heterocycles. The van der Waals surface area contributed by atoms with Crippen LogP contribution in [0.3, 0.4) is 0 Å². The fraction of sp³-hybridized carbons (Fsp3) is 0.467. The molecule has 186 valence electrons. The number of nitrogens with one attached hydrogen (secondary N) is 2. The largest absolute Gasteiger partial charge is 0.363 e. The van der Waals surface area contributed by atoms with E-state index in [0.717, 1.165) is 49.2 Å². The first-order valence-electron chi connectivity index (χ1n) is 13.1. The quantitative estimate of drug-likeness (QED) is 0.376. The van der Waals surface area contributed by atoms with Crippen molar-refractivity contribution in [2.75, 3.05) is 5.32 Å². The highest BCUT2D eigenvalue weighted by molar-refractivity contribution is 6.01. The molecule has 0 bridgehead atoms. The molecule has 5 nitrogen and oxygen atoms in total. The number of aryl methyl sites for hydroxylation is 2. The van der Waals surface area contributed by atoms with E-state index in [1.165, 1.54) is 11.1 Å². The minimum absolute atomic E-state index is 0.0454. The van der Waals surface area contributed by atoms with Gasteiger partial charge in [-0.3, -0.25) is 4.79 Å². The van der Waals surface area contributed by atoms with Crippen molar-refractivity contribution in [2.24, 2.45) is 0 Å². The van der Waals surface area contributed by atoms with Crippen molar-refractivity contribution in [1.29, 1.82) is 0 Å². The fourth-order valence-electron chi connectivity index (χ4n) is 5.43. The number of benzene rings is 2. The van der Waals surface area contributed by atoms with Crippen LogP contribution in [0.25, 0.3) is 0 Å². The summed E-state index contributed by atoms with van der Waals surface area (Å²) in [7, 11) is 0. The lowest BCUT2D eigenvalue weighted by Crippen LogP contribution is -2.45. The Morgan fingerprint density at radius 1 is 1.09 bits per heavy atom. The van der Waals surface area contributed by atoms with Crippen LogP contribution in [-0.2, 0) is 17.5 Å². The fourth-order valence-corrected chi connectivity index (χ4v) is 5.43.